The Morgan fingerprint density at radius 3 is 2.57 bits per heavy atom. The molecule has 0 saturated carbocycles. The molecule has 3 aromatic heterocycles. The SMILES string of the molecule is CC(=O)NC1CCN(C(=O)c2ccc(-c3cnc4[nH]cc(C(=O)NC(C)C(C)(C)C)c4n3)s2)CC1. The van der Waals surface area contributed by atoms with Crippen LogP contribution >= 0.6 is 11.3 Å². The predicted octanol–water partition coefficient (Wildman–Crippen LogP) is 3.59. The Labute approximate surface area is 208 Å². The molecule has 4 rings (SSSR count). The van der Waals surface area contributed by atoms with Gasteiger partial charge in [-0.3, -0.25) is 14.4 Å². The van der Waals surface area contributed by atoms with Gasteiger partial charge in [0.25, 0.3) is 11.8 Å². The maximum Gasteiger partial charge on any atom is 0.263 e. The number of nitrogens with zero attached hydrogens (tertiary/aromatic N) is 3. The van der Waals surface area contributed by atoms with Gasteiger partial charge in [-0.05, 0) is 37.3 Å². The molecular weight excluding hydrogens is 464 g/mol. The van der Waals surface area contributed by atoms with Crippen LogP contribution in [0.4, 0.5) is 0 Å². The van der Waals surface area contributed by atoms with E-state index in [2.05, 4.69) is 41.4 Å². The zero-order valence-corrected chi connectivity index (χ0v) is 21.6. The van der Waals surface area contributed by atoms with Gasteiger partial charge in [0.2, 0.25) is 5.91 Å². The third-order valence-electron chi connectivity index (χ3n) is 6.53. The minimum atomic E-state index is -0.199. The number of fused-ring (bicyclic) bond motifs is 1. The molecule has 1 atom stereocenters. The van der Waals surface area contributed by atoms with E-state index in [9.17, 15) is 14.4 Å². The zero-order valence-electron chi connectivity index (χ0n) is 20.8. The number of nitrogens with one attached hydrogen (secondary N) is 3. The zero-order chi connectivity index (χ0) is 25.3. The molecule has 3 aromatic rings. The number of aromatic amines is 1. The maximum absolute atomic E-state index is 13.0. The van der Waals surface area contributed by atoms with Crippen LogP contribution in [0.25, 0.3) is 21.7 Å². The van der Waals surface area contributed by atoms with Gasteiger partial charge in [0.05, 0.1) is 27.2 Å². The summed E-state index contributed by atoms with van der Waals surface area (Å²) in [7, 11) is 0. The van der Waals surface area contributed by atoms with Crippen molar-refractivity contribution < 1.29 is 14.4 Å². The summed E-state index contributed by atoms with van der Waals surface area (Å²) < 4.78 is 0. The van der Waals surface area contributed by atoms with Crippen molar-refractivity contribution in [2.45, 2.75) is 59.5 Å². The van der Waals surface area contributed by atoms with Gasteiger partial charge in [0.1, 0.15) is 5.52 Å². The Morgan fingerprint density at radius 1 is 1.20 bits per heavy atom. The second kappa shape index (κ2) is 9.77. The Bertz CT molecular complexity index is 1250. The van der Waals surface area contributed by atoms with E-state index in [1.807, 2.05) is 24.0 Å². The molecule has 1 fully saturated rings. The average molecular weight is 497 g/mol. The Kier molecular flexibility index (Phi) is 6.93. The quantitative estimate of drug-likeness (QED) is 0.499. The van der Waals surface area contributed by atoms with Gasteiger partial charge in [-0.2, -0.15) is 0 Å². The number of thiophene rings is 1. The number of piperidine rings is 1. The van der Waals surface area contributed by atoms with Crippen molar-refractivity contribution in [1.82, 2.24) is 30.5 Å². The second-order valence-electron chi connectivity index (χ2n) is 10.1. The summed E-state index contributed by atoms with van der Waals surface area (Å²) in [4.78, 5) is 52.6. The number of hydrogen-bond donors (Lipinski definition) is 3. The summed E-state index contributed by atoms with van der Waals surface area (Å²) >= 11 is 1.36. The van der Waals surface area contributed by atoms with Crippen LogP contribution in [0.15, 0.2) is 24.5 Å². The van der Waals surface area contributed by atoms with Gasteiger partial charge in [-0.1, -0.05) is 20.8 Å². The van der Waals surface area contributed by atoms with Crippen molar-refractivity contribution in [3.05, 3.63) is 35.0 Å². The Morgan fingerprint density at radius 2 is 1.91 bits per heavy atom. The van der Waals surface area contributed by atoms with Crippen LogP contribution in [-0.2, 0) is 4.79 Å². The van der Waals surface area contributed by atoms with Crippen LogP contribution in [0.1, 0.15) is 67.5 Å². The molecule has 186 valence electrons. The van der Waals surface area contributed by atoms with E-state index in [0.29, 0.717) is 40.4 Å². The highest BCUT2D eigenvalue weighted by molar-refractivity contribution is 7.17. The number of amides is 3. The number of hydrogen-bond acceptors (Lipinski definition) is 6. The molecule has 1 aliphatic rings. The lowest BCUT2D eigenvalue weighted by molar-refractivity contribution is -0.119. The number of carbonyl (C=O) groups is 3. The van der Waals surface area contributed by atoms with Crippen molar-refractivity contribution in [1.29, 1.82) is 0 Å². The lowest BCUT2D eigenvalue weighted by Crippen LogP contribution is -2.45. The van der Waals surface area contributed by atoms with Crippen molar-refractivity contribution in [3.63, 3.8) is 0 Å². The first-order valence-electron chi connectivity index (χ1n) is 11.8. The summed E-state index contributed by atoms with van der Waals surface area (Å²) in [5.41, 5.74) is 2.03. The molecule has 9 nitrogen and oxygen atoms in total. The van der Waals surface area contributed by atoms with Crippen LogP contribution in [-0.4, -0.2) is 62.7 Å². The van der Waals surface area contributed by atoms with Crippen molar-refractivity contribution in [2.75, 3.05) is 13.1 Å². The fourth-order valence-corrected chi connectivity index (χ4v) is 4.86. The van der Waals surface area contributed by atoms with Gasteiger partial charge < -0.3 is 20.5 Å². The van der Waals surface area contributed by atoms with E-state index in [4.69, 9.17) is 4.98 Å². The average Bonchev–Trinajstić information content (AvgIpc) is 3.45. The molecule has 4 heterocycles. The number of likely N-dealkylation sites (tertiary alicyclic amines) is 1. The van der Waals surface area contributed by atoms with Crippen molar-refractivity contribution in [2.24, 2.45) is 5.41 Å². The van der Waals surface area contributed by atoms with E-state index in [0.717, 1.165) is 17.7 Å². The summed E-state index contributed by atoms with van der Waals surface area (Å²) in [5, 5.41) is 5.97. The Hall–Kier alpha value is -3.27. The number of carbonyl (C=O) groups excluding carboxylic acids is 3. The van der Waals surface area contributed by atoms with Gasteiger partial charge in [0.15, 0.2) is 5.65 Å². The van der Waals surface area contributed by atoms with Crippen LogP contribution in [0.5, 0.6) is 0 Å². The van der Waals surface area contributed by atoms with E-state index in [1.165, 1.54) is 18.3 Å². The minimum Gasteiger partial charge on any atom is -0.353 e. The lowest BCUT2D eigenvalue weighted by Gasteiger charge is -2.31. The molecule has 0 aromatic carbocycles. The minimum absolute atomic E-state index is 0.0190. The molecule has 1 saturated heterocycles. The largest absolute Gasteiger partial charge is 0.353 e. The molecule has 0 aliphatic carbocycles. The highest BCUT2D eigenvalue weighted by Gasteiger charge is 2.26. The summed E-state index contributed by atoms with van der Waals surface area (Å²) in [6.45, 7) is 10.9. The second-order valence-corrected chi connectivity index (χ2v) is 11.2. The monoisotopic (exact) mass is 496 g/mol. The number of rotatable bonds is 5. The smallest absolute Gasteiger partial charge is 0.263 e. The standard InChI is InChI=1S/C25H32N6O3S/c1-14(25(3,4)5)28-23(33)17-12-26-22-21(17)30-18(13-27-22)19-6-7-20(35-19)24(34)31-10-8-16(9-11-31)29-15(2)32/h6-7,12-14,16H,8-11H2,1-5H3,(H,26,27)(H,28,33)(H,29,32). The predicted molar refractivity (Wildman–Crippen MR) is 136 cm³/mol. The molecule has 10 heteroatoms. The summed E-state index contributed by atoms with van der Waals surface area (Å²) in [5.74, 6) is -0.258. The fraction of sp³-hybridized carbons (Fsp3) is 0.480. The number of H-pyrrole nitrogens is 1. The molecule has 0 spiro atoms. The molecule has 3 N–H and O–H groups in total. The fourth-order valence-electron chi connectivity index (χ4n) is 3.93. The molecule has 3 amide bonds. The van der Waals surface area contributed by atoms with Crippen molar-refractivity contribution in [3.8, 4) is 10.6 Å². The lowest BCUT2D eigenvalue weighted by atomic mass is 9.88. The molecule has 35 heavy (non-hydrogen) atoms. The van der Waals surface area contributed by atoms with Crippen LogP contribution in [0.3, 0.4) is 0 Å². The topological polar surface area (TPSA) is 120 Å². The summed E-state index contributed by atoms with van der Waals surface area (Å²) in [6, 6.07) is 3.78. The van der Waals surface area contributed by atoms with E-state index >= 15 is 0 Å². The highest BCUT2D eigenvalue weighted by atomic mass is 32.1. The molecule has 0 bridgehead atoms. The van der Waals surface area contributed by atoms with Crippen LogP contribution in [0, 0.1) is 5.41 Å². The van der Waals surface area contributed by atoms with Gasteiger partial charge in [-0.25, -0.2) is 9.97 Å². The normalized spacial score (nSPS) is 15.7. The number of aromatic nitrogens is 3. The first-order valence-corrected chi connectivity index (χ1v) is 12.7. The van der Waals surface area contributed by atoms with Crippen molar-refractivity contribution >= 4 is 40.2 Å². The highest BCUT2D eigenvalue weighted by Crippen LogP contribution is 2.29. The van der Waals surface area contributed by atoms with Gasteiger partial charge in [-0.15, -0.1) is 11.3 Å². The van der Waals surface area contributed by atoms with Crippen LogP contribution in [0.2, 0.25) is 0 Å². The summed E-state index contributed by atoms with van der Waals surface area (Å²) in [6.07, 6.45) is 4.78. The van der Waals surface area contributed by atoms with Gasteiger partial charge in [0, 0.05) is 38.3 Å². The van der Waals surface area contributed by atoms with E-state index in [-0.39, 0.29) is 35.2 Å². The molecule has 1 unspecified atom stereocenters. The van der Waals surface area contributed by atoms with Crippen LogP contribution < -0.4 is 10.6 Å². The molecule has 0 radical (unpaired) electrons. The van der Waals surface area contributed by atoms with E-state index in [1.54, 1.807) is 12.4 Å². The third-order valence-corrected chi connectivity index (χ3v) is 7.63. The molecular formula is C25H32N6O3S. The van der Waals surface area contributed by atoms with E-state index < -0.39 is 0 Å². The molecule has 1 aliphatic heterocycles. The maximum atomic E-state index is 13.0. The van der Waals surface area contributed by atoms with Gasteiger partial charge >= 0.3 is 0 Å². The first kappa shape index (κ1) is 24.8. The third kappa shape index (κ3) is 5.53. The Balaban J connectivity index is 1.49. The first-order chi connectivity index (χ1) is 16.5.